The number of carbonyl (C=O) groups excluding carboxylic acids is 1. The van der Waals surface area contributed by atoms with Gasteiger partial charge in [0.1, 0.15) is 11.4 Å². The average molecular weight is 450 g/mol. The van der Waals surface area contributed by atoms with Crippen molar-refractivity contribution in [2.75, 3.05) is 24.3 Å². The predicted octanol–water partition coefficient (Wildman–Crippen LogP) is 3.21. The third kappa shape index (κ3) is 2.82. The Morgan fingerprint density at radius 1 is 1.06 bits per heavy atom. The first-order valence-corrected chi connectivity index (χ1v) is 12.6. The van der Waals surface area contributed by atoms with Gasteiger partial charge in [-0.2, -0.15) is 5.10 Å². The molecule has 1 fully saturated rings. The first-order chi connectivity index (χ1) is 15.3. The highest BCUT2D eigenvalue weighted by Gasteiger charge is 2.56. The smallest absolute Gasteiger partial charge is 0.277 e. The second-order valence-electron chi connectivity index (χ2n) is 9.11. The van der Waals surface area contributed by atoms with Crippen molar-refractivity contribution in [3.8, 4) is 11.4 Å². The first kappa shape index (κ1) is 19.5. The number of nitrogens with zero attached hydrogens (tertiary/aromatic N) is 3. The van der Waals surface area contributed by atoms with Gasteiger partial charge in [-0.25, -0.2) is 13.1 Å². The third-order valence-electron chi connectivity index (χ3n) is 6.76. The van der Waals surface area contributed by atoms with E-state index in [-0.39, 0.29) is 16.3 Å². The summed E-state index contributed by atoms with van der Waals surface area (Å²) in [4.78, 5) is 15.6. The largest absolute Gasteiger partial charge is 0.493 e. The van der Waals surface area contributed by atoms with E-state index in [0.29, 0.717) is 30.1 Å². The number of aromatic nitrogens is 2. The number of rotatable bonds is 3. The second kappa shape index (κ2) is 6.45. The molecule has 3 heterocycles. The summed E-state index contributed by atoms with van der Waals surface area (Å²) >= 11 is 0. The highest BCUT2D eigenvalue weighted by Crippen LogP contribution is 2.55. The van der Waals surface area contributed by atoms with E-state index >= 15 is 0 Å². The van der Waals surface area contributed by atoms with Gasteiger partial charge < -0.3 is 9.64 Å². The summed E-state index contributed by atoms with van der Waals surface area (Å²) in [6, 6.07) is 13.5. The van der Waals surface area contributed by atoms with E-state index in [2.05, 4.69) is 5.10 Å². The van der Waals surface area contributed by atoms with Gasteiger partial charge in [-0.1, -0.05) is 17.7 Å². The van der Waals surface area contributed by atoms with Gasteiger partial charge in [0.15, 0.2) is 14.9 Å². The minimum Gasteiger partial charge on any atom is -0.493 e. The number of hydrogen-bond donors (Lipinski definition) is 0. The summed E-state index contributed by atoms with van der Waals surface area (Å²) in [5.74, 6) is 0.602. The van der Waals surface area contributed by atoms with Gasteiger partial charge in [0.05, 0.1) is 12.3 Å². The Morgan fingerprint density at radius 3 is 2.47 bits per heavy atom. The van der Waals surface area contributed by atoms with Gasteiger partial charge in [-0.3, -0.25) is 4.79 Å². The van der Waals surface area contributed by atoms with Gasteiger partial charge in [0.25, 0.3) is 5.91 Å². The van der Waals surface area contributed by atoms with Gasteiger partial charge in [0.2, 0.25) is 0 Å². The number of benzene rings is 2. The van der Waals surface area contributed by atoms with Crippen LogP contribution in [0.25, 0.3) is 5.69 Å². The molecule has 6 rings (SSSR count). The van der Waals surface area contributed by atoms with Crippen LogP contribution in [0.3, 0.4) is 0 Å². The van der Waals surface area contributed by atoms with E-state index < -0.39 is 9.84 Å². The molecule has 8 heteroatoms. The Morgan fingerprint density at radius 2 is 1.78 bits per heavy atom. The monoisotopic (exact) mass is 449 g/mol. The van der Waals surface area contributed by atoms with Crippen molar-refractivity contribution in [3.63, 3.8) is 0 Å². The molecule has 0 N–H and O–H groups in total. The molecule has 3 aliphatic rings. The van der Waals surface area contributed by atoms with E-state index in [9.17, 15) is 13.2 Å². The lowest BCUT2D eigenvalue weighted by Crippen LogP contribution is -2.44. The van der Waals surface area contributed by atoms with E-state index in [1.54, 1.807) is 4.90 Å². The zero-order valence-electron chi connectivity index (χ0n) is 18.0. The Balaban J connectivity index is 1.58. The van der Waals surface area contributed by atoms with Crippen molar-refractivity contribution in [1.82, 2.24) is 9.78 Å². The highest BCUT2D eigenvalue weighted by atomic mass is 32.2. The lowest BCUT2D eigenvalue weighted by molar-refractivity contribution is 0.0966. The summed E-state index contributed by atoms with van der Waals surface area (Å²) < 4.78 is 32.6. The molecule has 1 saturated carbocycles. The molecule has 7 nitrogen and oxygen atoms in total. The molecule has 0 saturated heterocycles. The lowest BCUT2D eigenvalue weighted by Gasteiger charge is -2.33. The highest BCUT2D eigenvalue weighted by molar-refractivity contribution is 7.90. The number of anilines is 1. The van der Waals surface area contributed by atoms with Crippen LogP contribution in [0.1, 0.15) is 40.0 Å². The van der Waals surface area contributed by atoms with Crippen molar-refractivity contribution in [3.05, 3.63) is 64.8 Å². The first-order valence-electron chi connectivity index (χ1n) is 10.8. The van der Waals surface area contributed by atoms with Crippen LogP contribution in [0.15, 0.2) is 47.5 Å². The predicted molar refractivity (Wildman–Crippen MR) is 120 cm³/mol. The molecule has 2 aliphatic heterocycles. The van der Waals surface area contributed by atoms with Crippen molar-refractivity contribution in [1.29, 1.82) is 0 Å². The van der Waals surface area contributed by atoms with E-state index in [4.69, 9.17) is 4.74 Å². The molecule has 164 valence electrons. The zero-order valence-corrected chi connectivity index (χ0v) is 18.8. The Bertz CT molecular complexity index is 1390. The van der Waals surface area contributed by atoms with Crippen LogP contribution in [-0.2, 0) is 21.7 Å². The van der Waals surface area contributed by atoms with E-state index in [1.165, 1.54) is 10.9 Å². The number of aryl methyl sites for hydroxylation is 1. The molecular formula is C24H23N3O4S. The van der Waals surface area contributed by atoms with Crippen LogP contribution in [-0.4, -0.2) is 43.5 Å². The number of carbonyl (C=O) groups is 1. The number of fused-ring (bicyclic) bond motifs is 3. The van der Waals surface area contributed by atoms with E-state index in [1.807, 2.05) is 49.4 Å². The van der Waals surface area contributed by atoms with Crippen molar-refractivity contribution in [2.24, 2.45) is 0 Å². The molecule has 1 aromatic heterocycles. The zero-order chi connectivity index (χ0) is 22.3. The Kier molecular flexibility index (Phi) is 3.94. The summed E-state index contributed by atoms with van der Waals surface area (Å²) in [7, 11) is -3.61. The molecule has 0 bridgehead atoms. The standard InChI is InChI=1S/C24H23N3O4S/c1-15-3-5-17(6-4-15)26-14-24(10-11-24)20-21(23(26)28)27(25-22(20)32(2,29)30)18-7-8-19-16(13-18)9-12-31-19/h3-8,13H,9-12,14H2,1-2H3. The SMILES string of the molecule is Cc1ccc(N2CC3(CC3)c3c(S(C)(=O)=O)nn(-c4ccc5c(c4)CCO5)c3C2=O)cc1. The molecule has 0 radical (unpaired) electrons. The van der Waals surface area contributed by atoms with Gasteiger partial charge in [0, 0.05) is 35.9 Å². The van der Waals surface area contributed by atoms with Crippen LogP contribution < -0.4 is 9.64 Å². The summed E-state index contributed by atoms with van der Waals surface area (Å²) in [6.07, 6.45) is 3.62. The molecule has 1 aliphatic carbocycles. The number of ether oxygens (including phenoxy) is 1. The molecule has 1 amide bonds. The van der Waals surface area contributed by atoms with Crippen LogP contribution >= 0.6 is 0 Å². The van der Waals surface area contributed by atoms with Gasteiger partial charge >= 0.3 is 0 Å². The Labute approximate surface area is 186 Å². The molecule has 3 aromatic rings. The number of amides is 1. The lowest BCUT2D eigenvalue weighted by atomic mass is 9.90. The van der Waals surface area contributed by atoms with Crippen LogP contribution in [0.5, 0.6) is 5.75 Å². The normalized spacial score (nSPS) is 18.4. The molecule has 2 aromatic carbocycles. The molecule has 0 unspecified atom stereocenters. The summed E-state index contributed by atoms with van der Waals surface area (Å²) in [5.41, 5.74) is 4.21. The summed E-state index contributed by atoms with van der Waals surface area (Å²) in [6.45, 7) is 3.09. The maximum absolute atomic E-state index is 13.8. The van der Waals surface area contributed by atoms with Crippen molar-refractivity contribution >= 4 is 21.4 Å². The number of sulfone groups is 1. The fourth-order valence-electron chi connectivity index (χ4n) is 4.90. The molecular weight excluding hydrogens is 426 g/mol. The molecule has 32 heavy (non-hydrogen) atoms. The minimum absolute atomic E-state index is 0.0265. The fourth-order valence-corrected chi connectivity index (χ4v) is 5.81. The molecule has 0 atom stereocenters. The van der Waals surface area contributed by atoms with Gasteiger partial charge in [-0.15, -0.1) is 0 Å². The van der Waals surface area contributed by atoms with Crippen LogP contribution in [0, 0.1) is 6.92 Å². The quantitative estimate of drug-likeness (QED) is 0.613. The maximum Gasteiger partial charge on any atom is 0.277 e. The third-order valence-corrected chi connectivity index (χ3v) is 7.75. The van der Waals surface area contributed by atoms with Crippen LogP contribution in [0.2, 0.25) is 0 Å². The average Bonchev–Trinajstić information content (AvgIpc) is 3.18. The maximum atomic E-state index is 13.8. The van der Waals surface area contributed by atoms with Crippen molar-refractivity contribution in [2.45, 2.75) is 36.6 Å². The summed E-state index contributed by atoms with van der Waals surface area (Å²) in [5, 5.41) is 4.55. The van der Waals surface area contributed by atoms with Crippen LogP contribution in [0.4, 0.5) is 5.69 Å². The van der Waals surface area contributed by atoms with Gasteiger partial charge in [-0.05, 0) is 55.7 Å². The fraction of sp³-hybridized carbons (Fsp3) is 0.333. The number of hydrogen-bond acceptors (Lipinski definition) is 5. The Hall–Kier alpha value is -3.13. The molecule has 1 spiro atoms. The minimum atomic E-state index is -3.61. The van der Waals surface area contributed by atoms with Crippen molar-refractivity contribution < 1.29 is 17.9 Å². The topological polar surface area (TPSA) is 81.5 Å². The second-order valence-corrected chi connectivity index (χ2v) is 11.0. The van der Waals surface area contributed by atoms with E-state index in [0.717, 1.165) is 41.8 Å².